The van der Waals surface area contributed by atoms with Crippen LogP contribution in [0.25, 0.3) is 11.4 Å². The third-order valence-electron chi connectivity index (χ3n) is 2.84. The third-order valence-corrected chi connectivity index (χ3v) is 2.84. The van der Waals surface area contributed by atoms with Gasteiger partial charge in [0.1, 0.15) is 0 Å². The SMILES string of the molecule is COc1ccc(-c2nnn(CCCC(=O)O)n2)cc1OC. The van der Waals surface area contributed by atoms with E-state index in [-0.39, 0.29) is 6.42 Å². The molecule has 21 heavy (non-hydrogen) atoms. The van der Waals surface area contributed by atoms with Gasteiger partial charge in [0, 0.05) is 12.0 Å². The summed E-state index contributed by atoms with van der Waals surface area (Å²) in [4.78, 5) is 11.8. The van der Waals surface area contributed by atoms with Crippen LogP contribution in [0.4, 0.5) is 0 Å². The lowest BCUT2D eigenvalue weighted by molar-refractivity contribution is -0.137. The lowest BCUT2D eigenvalue weighted by atomic mass is 10.2. The zero-order valence-corrected chi connectivity index (χ0v) is 11.8. The van der Waals surface area contributed by atoms with E-state index in [0.29, 0.717) is 30.3 Å². The van der Waals surface area contributed by atoms with Crippen LogP contribution < -0.4 is 9.47 Å². The van der Waals surface area contributed by atoms with Crippen molar-refractivity contribution in [2.45, 2.75) is 19.4 Å². The smallest absolute Gasteiger partial charge is 0.303 e. The zero-order chi connectivity index (χ0) is 15.2. The number of methoxy groups -OCH3 is 2. The number of carbonyl (C=O) groups is 1. The van der Waals surface area contributed by atoms with E-state index in [1.54, 1.807) is 32.4 Å². The number of benzene rings is 1. The monoisotopic (exact) mass is 292 g/mol. The normalized spacial score (nSPS) is 10.4. The molecular weight excluding hydrogens is 276 g/mol. The number of tetrazole rings is 1. The molecular formula is C13H16N4O4. The van der Waals surface area contributed by atoms with Crippen molar-refractivity contribution >= 4 is 5.97 Å². The Hall–Kier alpha value is -2.64. The Bertz CT molecular complexity index is 626. The predicted octanol–water partition coefficient (Wildman–Crippen LogP) is 1.22. The van der Waals surface area contributed by atoms with E-state index < -0.39 is 5.97 Å². The summed E-state index contributed by atoms with van der Waals surface area (Å²) in [6.07, 6.45) is 0.532. The number of aliphatic carboxylic acids is 1. The largest absolute Gasteiger partial charge is 0.493 e. The van der Waals surface area contributed by atoms with Crippen molar-refractivity contribution in [3.05, 3.63) is 18.2 Å². The van der Waals surface area contributed by atoms with E-state index in [2.05, 4.69) is 15.4 Å². The van der Waals surface area contributed by atoms with Crippen LogP contribution in [0.2, 0.25) is 0 Å². The highest BCUT2D eigenvalue weighted by atomic mass is 16.5. The number of nitrogens with zero attached hydrogens (tertiary/aromatic N) is 4. The van der Waals surface area contributed by atoms with Gasteiger partial charge >= 0.3 is 5.97 Å². The van der Waals surface area contributed by atoms with Crippen molar-refractivity contribution in [3.63, 3.8) is 0 Å². The van der Waals surface area contributed by atoms with Gasteiger partial charge in [0.15, 0.2) is 11.5 Å². The van der Waals surface area contributed by atoms with E-state index >= 15 is 0 Å². The second-order valence-corrected chi connectivity index (χ2v) is 4.28. The Morgan fingerprint density at radius 2 is 2.05 bits per heavy atom. The van der Waals surface area contributed by atoms with E-state index in [4.69, 9.17) is 14.6 Å². The summed E-state index contributed by atoms with van der Waals surface area (Å²) in [5, 5.41) is 20.7. The average molecular weight is 292 g/mol. The van der Waals surface area contributed by atoms with E-state index in [1.807, 2.05) is 0 Å². The molecule has 0 atom stereocenters. The van der Waals surface area contributed by atoms with Crippen LogP contribution in [0.1, 0.15) is 12.8 Å². The topological polar surface area (TPSA) is 99.4 Å². The first-order valence-electron chi connectivity index (χ1n) is 6.36. The van der Waals surface area contributed by atoms with Crippen molar-refractivity contribution in [2.24, 2.45) is 0 Å². The fourth-order valence-corrected chi connectivity index (χ4v) is 1.80. The van der Waals surface area contributed by atoms with Gasteiger partial charge in [-0.2, -0.15) is 4.80 Å². The lowest BCUT2D eigenvalue weighted by Crippen LogP contribution is -2.05. The van der Waals surface area contributed by atoms with Gasteiger partial charge < -0.3 is 14.6 Å². The van der Waals surface area contributed by atoms with Crippen molar-refractivity contribution < 1.29 is 19.4 Å². The molecule has 0 aliphatic heterocycles. The van der Waals surface area contributed by atoms with Crippen LogP contribution >= 0.6 is 0 Å². The molecule has 0 aliphatic rings. The van der Waals surface area contributed by atoms with Gasteiger partial charge in [-0.25, -0.2) is 0 Å². The Balaban J connectivity index is 2.12. The maximum absolute atomic E-state index is 10.5. The van der Waals surface area contributed by atoms with Crippen LogP contribution in [0.5, 0.6) is 11.5 Å². The van der Waals surface area contributed by atoms with Gasteiger partial charge in [0.2, 0.25) is 5.82 Å². The fourth-order valence-electron chi connectivity index (χ4n) is 1.80. The lowest BCUT2D eigenvalue weighted by Gasteiger charge is -2.07. The first-order valence-corrected chi connectivity index (χ1v) is 6.36. The number of rotatable bonds is 7. The molecule has 1 N–H and O–H groups in total. The Labute approximate surface area is 121 Å². The molecule has 2 rings (SSSR count). The van der Waals surface area contributed by atoms with Crippen molar-refractivity contribution in [1.82, 2.24) is 20.2 Å². The minimum atomic E-state index is -0.838. The maximum Gasteiger partial charge on any atom is 0.303 e. The highest BCUT2D eigenvalue weighted by Crippen LogP contribution is 2.30. The molecule has 0 amide bonds. The fraction of sp³-hybridized carbons (Fsp3) is 0.385. The molecule has 8 heteroatoms. The number of carboxylic acids is 1. The summed E-state index contributed by atoms with van der Waals surface area (Å²) in [6, 6.07) is 5.33. The molecule has 1 heterocycles. The van der Waals surface area contributed by atoms with Crippen molar-refractivity contribution in [3.8, 4) is 22.9 Å². The molecule has 8 nitrogen and oxygen atoms in total. The number of hydrogen-bond donors (Lipinski definition) is 1. The maximum atomic E-state index is 10.5. The second-order valence-electron chi connectivity index (χ2n) is 4.28. The van der Waals surface area contributed by atoms with Crippen LogP contribution in [-0.4, -0.2) is 45.5 Å². The highest BCUT2D eigenvalue weighted by Gasteiger charge is 2.10. The van der Waals surface area contributed by atoms with Gasteiger partial charge in [-0.3, -0.25) is 4.79 Å². The molecule has 0 saturated heterocycles. The Morgan fingerprint density at radius 1 is 1.29 bits per heavy atom. The second kappa shape index (κ2) is 6.69. The summed E-state index contributed by atoms with van der Waals surface area (Å²) in [5.41, 5.74) is 0.747. The van der Waals surface area contributed by atoms with Crippen LogP contribution in [0, 0.1) is 0 Å². The van der Waals surface area contributed by atoms with Gasteiger partial charge in [-0.15, -0.1) is 10.2 Å². The molecule has 1 aromatic carbocycles. The summed E-state index contributed by atoms with van der Waals surface area (Å²) >= 11 is 0. The van der Waals surface area contributed by atoms with Crippen LogP contribution in [0.15, 0.2) is 18.2 Å². The molecule has 0 spiro atoms. The summed E-state index contributed by atoms with van der Waals surface area (Å²) in [5.74, 6) is 0.814. The van der Waals surface area contributed by atoms with Crippen molar-refractivity contribution in [2.75, 3.05) is 14.2 Å². The Kier molecular flexibility index (Phi) is 4.70. The standard InChI is InChI=1S/C13H16N4O4/c1-20-10-6-5-9(8-11(10)21-2)13-14-16-17(15-13)7-3-4-12(18)19/h5-6,8H,3-4,7H2,1-2H3,(H,18,19). The van der Waals surface area contributed by atoms with Gasteiger partial charge in [-0.1, -0.05) is 0 Å². The number of carboxylic acid groups (broad SMARTS) is 1. The van der Waals surface area contributed by atoms with Gasteiger partial charge in [0.05, 0.1) is 20.8 Å². The molecule has 2 aromatic rings. The minimum absolute atomic E-state index is 0.0766. The first-order chi connectivity index (χ1) is 10.1. The molecule has 0 fully saturated rings. The predicted molar refractivity (Wildman–Crippen MR) is 73.2 cm³/mol. The summed E-state index contributed by atoms with van der Waals surface area (Å²) < 4.78 is 10.4. The molecule has 0 bridgehead atoms. The number of aryl methyl sites for hydroxylation is 1. The van der Waals surface area contributed by atoms with E-state index in [0.717, 1.165) is 5.56 Å². The minimum Gasteiger partial charge on any atom is -0.493 e. The molecule has 1 aromatic heterocycles. The quantitative estimate of drug-likeness (QED) is 0.819. The van der Waals surface area contributed by atoms with Gasteiger partial charge in [-0.05, 0) is 29.8 Å². The molecule has 0 unspecified atom stereocenters. The molecule has 0 radical (unpaired) electrons. The van der Waals surface area contributed by atoms with Gasteiger partial charge in [0.25, 0.3) is 0 Å². The Morgan fingerprint density at radius 3 is 2.71 bits per heavy atom. The first kappa shape index (κ1) is 14.8. The van der Waals surface area contributed by atoms with Crippen molar-refractivity contribution in [1.29, 1.82) is 0 Å². The number of ether oxygens (including phenoxy) is 2. The average Bonchev–Trinajstić information content (AvgIpc) is 2.95. The van der Waals surface area contributed by atoms with Crippen LogP contribution in [0.3, 0.4) is 0 Å². The zero-order valence-electron chi connectivity index (χ0n) is 11.8. The number of aromatic nitrogens is 4. The highest BCUT2D eigenvalue weighted by molar-refractivity contribution is 5.66. The molecule has 112 valence electrons. The third kappa shape index (κ3) is 3.68. The van der Waals surface area contributed by atoms with E-state index in [9.17, 15) is 4.79 Å². The number of hydrogen-bond acceptors (Lipinski definition) is 6. The van der Waals surface area contributed by atoms with Crippen LogP contribution in [-0.2, 0) is 11.3 Å². The van der Waals surface area contributed by atoms with E-state index in [1.165, 1.54) is 4.80 Å². The molecule has 0 saturated carbocycles. The summed E-state index contributed by atoms with van der Waals surface area (Å²) in [6.45, 7) is 0.409. The molecule has 0 aliphatic carbocycles. The summed E-state index contributed by atoms with van der Waals surface area (Å²) in [7, 11) is 3.12.